The molecule has 0 bridgehead atoms. The third-order valence-electron chi connectivity index (χ3n) is 5.91. The molecule has 1 saturated heterocycles. The van der Waals surface area contributed by atoms with Gasteiger partial charge < -0.3 is 15.1 Å². The fourth-order valence-corrected chi connectivity index (χ4v) is 4.19. The predicted molar refractivity (Wildman–Crippen MR) is 109 cm³/mol. The van der Waals surface area contributed by atoms with Gasteiger partial charge in [-0.1, -0.05) is 0 Å². The molecule has 0 spiro atoms. The van der Waals surface area contributed by atoms with Gasteiger partial charge in [-0.3, -0.25) is 4.79 Å². The molecule has 1 amide bonds. The van der Waals surface area contributed by atoms with Gasteiger partial charge in [-0.2, -0.15) is 0 Å². The highest BCUT2D eigenvalue weighted by Gasteiger charge is 2.30. The molecule has 2 fully saturated rings. The third-order valence-corrected chi connectivity index (χ3v) is 5.91. The van der Waals surface area contributed by atoms with Crippen LogP contribution in [0.25, 0.3) is 0 Å². The number of nitrogens with one attached hydrogen (secondary N) is 1. The van der Waals surface area contributed by atoms with Gasteiger partial charge in [-0.25, -0.2) is 15.0 Å². The number of carbonyl (C=O) groups is 1. The van der Waals surface area contributed by atoms with Crippen LogP contribution in [0.2, 0.25) is 0 Å². The molecule has 146 valence electrons. The third kappa shape index (κ3) is 3.41. The maximum absolute atomic E-state index is 11.9. The highest BCUT2D eigenvalue weighted by Crippen LogP contribution is 2.31. The normalized spacial score (nSPS) is 18.9. The second kappa shape index (κ2) is 7.04. The van der Waals surface area contributed by atoms with Crippen molar-refractivity contribution < 1.29 is 4.79 Å². The number of aryl methyl sites for hydroxylation is 2. The smallest absolute Gasteiger partial charge is 0.228 e. The molecule has 7 heteroatoms. The van der Waals surface area contributed by atoms with Crippen LogP contribution >= 0.6 is 0 Å². The van der Waals surface area contributed by atoms with Crippen LogP contribution in [-0.2, 0) is 17.6 Å². The minimum absolute atomic E-state index is 0.0986. The van der Waals surface area contributed by atoms with Crippen molar-refractivity contribution in [2.45, 2.75) is 39.0 Å². The van der Waals surface area contributed by atoms with E-state index in [-0.39, 0.29) is 11.8 Å². The van der Waals surface area contributed by atoms with Gasteiger partial charge >= 0.3 is 0 Å². The van der Waals surface area contributed by atoms with E-state index in [4.69, 9.17) is 4.98 Å². The lowest BCUT2D eigenvalue weighted by molar-refractivity contribution is -0.117. The van der Waals surface area contributed by atoms with Crippen molar-refractivity contribution in [1.82, 2.24) is 15.0 Å². The van der Waals surface area contributed by atoms with Gasteiger partial charge in [0.1, 0.15) is 17.5 Å². The summed E-state index contributed by atoms with van der Waals surface area (Å²) in [6, 6.07) is 3.96. The molecule has 0 unspecified atom stereocenters. The van der Waals surface area contributed by atoms with Crippen LogP contribution < -0.4 is 15.1 Å². The Balaban J connectivity index is 1.23. The Kier molecular flexibility index (Phi) is 4.37. The van der Waals surface area contributed by atoms with Gasteiger partial charge in [0.15, 0.2) is 0 Å². The number of pyridine rings is 1. The van der Waals surface area contributed by atoms with Gasteiger partial charge in [0.2, 0.25) is 5.91 Å². The summed E-state index contributed by atoms with van der Waals surface area (Å²) in [6.07, 6.45) is 7.25. The summed E-state index contributed by atoms with van der Waals surface area (Å²) >= 11 is 0. The van der Waals surface area contributed by atoms with Gasteiger partial charge in [0.25, 0.3) is 0 Å². The van der Waals surface area contributed by atoms with E-state index in [0.29, 0.717) is 5.82 Å². The molecule has 3 heterocycles. The molecule has 1 N–H and O–H groups in total. The molecule has 7 nitrogen and oxygen atoms in total. The van der Waals surface area contributed by atoms with Crippen LogP contribution in [0.3, 0.4) is 0 Å². The second-order valence-corrected chi connectivity index (χ2v) is 8.01. The number of hydrogen-bond acceptors (Lipinski definition) is 6. The molecule has 2 aromatic rings. The maximum atomic E-state index is 11.9. The molecule has 2 aliphatic carbocycles. The summed E-state index contributed by atoms with van der Waals surface area (Å²) in [6.45, 7) is 5.76. The lowest BCUT2D eigenvalue weighted by Gasteiger charge is -2.37. The van der Waals surface area contributed by atoms with E-state index in [1.54, 1.807) is 0 Å². The molecule has 5 rings (SSSR count). The van der Waals surface area contributed by atoms with Crippen LogP contribution in [0.5, 0.6) is 0 Å². The maximum Gasteiger partial charge on any atom is 0.228 e. The van der Waals surface area contributed by atoms with E-state index in [1.165, 1.54) is 17.7 Å². The zero-order chi connectivity index (χ0) is 19.1. The van der Waals surface area contributed by atoms with Crippen molar-refractivity contribution in [3.05, 3.63) is 35.4 Å². The summed E-state index contributed by atoms with van der Waals surface area (Å²) in [4.78, 5) is 30.4. The van der Waals surface area contributed by atoms with Crippen molar-refractivity contribution in [3.63, 3.8) is 0 Å². The summed E-state index contributed by atoms with van der Waals surface area (Å²) in [5.74, 6) is 2.97. The van der Waals surface area contributed by atoms with E-state index in [2.05, 4.69) is 31.2 Å². The van der Waals surface area contributed by atoms with Crippen molar-refractivity contribution in [2.24, 2.45) is 5.92 Å². The van der Waals surface area contributed by atoms with Crippen LogP contribution in [0.1, 0.15) is 36.3 Å². The molecular weight excluding hydrogens is 352 g/mol. The predicted octanol–water partition coefficient (Wildman–Crippen LogP) is 2.34. The molecule has 0 radical (unpaired) electrons. The van der Waals surface area contributed by atoms with Crippen LogP contribution in [0, 0.1) is 12.8 Å². The fraction of sp³-hybridized carbons (Fsp3) is 0.524. The lowest BCUT2D eigenvalue weighted by Crippen LogP contribution is -2.47. The first-order chi connectivity index (χ1) is 13.7. The number of rotatable bonds is 4. The van der Waals surface area contributed by atoms with Crippen molar-refractivity contribution in [3.8, 4) is 0 Å². The Morgan fingerprint density at radius 1 is 1.07 bits per heavy atom. The minimum atomic E-state index is 0.0986. The van der Waals surface area contributed by atoms with E-state index in [9.17, 15) is 4.79 Å². The molecule has 0 atom stereocenters. The molecule has 1 aliphatic heterocycles. The van der Waals surface area contributed by atoms with Crippen molar-refractivity contribution >= 4 is 23.2 Å². The highest BCUT2D eigenvalue weighted by molar-refractivity contribution is 5.93. The first-order valence-electron chi connectivity index (χ1n) is 10.3. The summed E-state index contributed by atoms with van der Waals surface area (Å²) in [7, 11) is 0. The number of amides is 1. The minimum Gasteiger partial charge on any atom is -0.367 e. The number of aromatic nitrogens is 3. The molecule has 3 aliphatic rings. The molecule has 2 aromatic heterocycles. The van der Waals surface area contributed by atoms with Gasteiger partial charge in [-0.05, 0) is 51.2 Å². The largest absolute Gasteiger partial charge is 0.367 e. The van der Waals surface area contributed by atoms with Gasteiger partial charge in [0.05, 0.1) is 11.9 Å². The number of nitrogens with zero attached hydrogens (tertiary/aromatic N) is 5. The summed E-state index contributed by atoms with van der Waals surface area (Å²) in [5.41, 5.74) is 3.71. The van der Waals surface area contributed by atoms with Gasteiger partial charge in [-0.15, -0.1) is 0 Å². The zero-order valence-corrected chi connectivity index (χ0v) is 16.3. The average Bonchev–Trinajstić information content (AvgIpc) is 3.47. The zero-order valence-electron chi connectivity index (χ0n) is 16.3. The van der Waals surface area contributed by atoms with E-state index < -0.39 is 0 Å². The second-order valence-electron chi connectivity index (χ2n) is 8.01. The molecule has 28 heavy (non-hydrogen) atoms. The van der Waals surface area contributed by atoms with Crippen molar-refractivity contribution in [1.29, 1.82) is 0 Å². The van der Waals surface area contributed by atoms with Crippen LogP contribution in [-0.4, -0.2) is 47.0 Å². The quantitative estimate of drug-likeness (QED) is 0.880. The lowest BCUT2D eigenvalue weighted by atomic mass is 10.2. The molecule has 1 saturated carbocycles. The Hall–Kier alpha value is -2.70. The Morgan fingerprint density at radius 3 is 2.57 bits per heavy atom. The molecular formula is C21H26N6O. The van der Waals surface area contributed by atoms with Crippen molar-refractivity contribution in [2.75, 3.05) is 41.3 Å². The Labute approximate surface area is 165 Å². The monoisotopic (exact) mass is 378 g/mol. The molecule has 0 aromatic carbocycles. The number of piperazine rings is 1. The van der Waals surface area contributed by atoms with E-state index in [1.807, 2.05) is 19.2 Å². The van der Waals surface area contributed by atoms with Gasteiger partial charge in [0, 0.05) is 43.4 Å². The van der Waals surface area contributed by atoms with Crippen LogP contribution in [0.4, 0.5) is 17.3 Å². The Bertz CT molecular complexity index is 885. The summed E-state index contributed by atoms with van der Waals surface area (Å²) < 4.78 is 0. The standard InChI is InChI=1S/C21H26N6O/c1-14-23-18-4-2-3-17(18)20(24-14)27-11-9-26(10-12-27)16-7-8-19(22-13-16)25-21(28)15-5-6-15/h7-8,13,15H,2-6,9-12H2,1H3,(H,22,25,28). The Morgan fingerprint density at radius 2 is 1.86 bits per heavy atom. The number of fused-ring (bicyclic) bond motifs is 1. The number of anilines is 3. The van der Waals surface area contributed by atoms with Crippen LogP contribution in [0.15, 0.2) is 18.3 Å². The number of hydrogen-bond donors (Lipinski definition) is 1. The average molecular weight is 378 g/mol. The van der Waals surface area contributed by atoms with E-state index >= 15 is 0 Å². The summed E-state index contributed by atoms with van der Waals surface area (Å²) in [5, 5.41) is 2.90. The van der Waals surface area contributed by atoms with E-state index in [0.717, 1.165) is 69.2 Å². The fourth-order valence-electron chi connectivity index (χ4n) is 4.19. The number of carbonyl (C=O) groups excluding carboxylic acids is 1. The first kappa shape index (κ1) is 17.4. The highest BCUT2D eigenvalue weighted by atomic mass is 16.2. The topological polar surface area (TPSA) is 74.2 Å². The first-order valence-corrected chi connectivity index (χ1v) is 10.3. The SMILES string of the molecule is Cc1nc2c(c(N3CCN(c4ccc(NC(=O)C5CC5)nc4)CC3)n1)CCC2.